The molecule has 3 aromatic rings. The van der Waals surface area contributed by atoms with Gasteiger partial charge in [-0.1, -0.05) is 17.7 Å². The Balaban J connectivity index is 0.00000243. The molecule has 3 rings (SSSR count). The minimum absolute atomic E-state index is 0. The Bertz CT molecular complexity index is 940. The van der Waals surface area contributed by atoms with Crippen molar-refractivity contribution in [3.63, 3.8) is 0 Å². The van der Waals surface area contributed by atoms with Crippen LogP contribution in [0.15, 0.2) is 24.3 Å². The second kappa shape index (κ2) is 8.44. The number of hydrogen-bond donors (Lipinski definition) is 2. The summed E-state index contributed by atoms with van der Waals surface area (Å²) in [6.07, 6.45) is 0.893. The number of nitrogens with two attached hydrogens (primary N) is 1. The molecule has 0 aliphatic carbocycles. The smallest absolute Gasteiger partial charge is 0.252 e. The van der Waals surface area contributed by atoms with Crippen molar-refractivity contribution < 1.29 is 4.79 Å². The number of amides is 1. The van der Waals surface area contributed by atoms with Crippen LogP contribution in [0.4, 0.5) is 5.69 Å². The number of benzene rings is 1. The molecule has 2 aromatic heterocycles. The Morgan fingerprint density at radius 1 is 1.31 bits per heavy atom. The number of carbonyl (C=O) groups excluding carboxylic acids is 1. The third-order valence-corrected chi connectivity index (χ3v) is 4.22. The first-order chi connectivity index (χ1) is 12.0. The largest absolute Gasteiger partial charge is 0.326 e. The van der Waals surface area contributed by atoms with Crippen LogP contribution in [-0.2, 0) is 17.8 Å². The SMILES string of the molecule is Cc1nc2nc(CN)nn2c(C)c1CCC(=O)Nc1cccc(Cl)c1.Cl. The molecule has 0 atom stereocenters. The molecule has 0 unspecified atom stereocenters. The van der Waals surface area contributed by atoms with Gasteiger partial charge in [0.25, 0.3) is 5.78 Å². The van der Waals surface area contributed by atoms with Crippen LogP contribution in [0.1, 0.15) is 29.2 Å². The molecule has 0 spiro atoms. The number of halogens is 2. The molecular formula is C17H20Cl2N6O. The van der Waals surface area contributed by atoms with E-state index in [0.717, 1.165) is 17.0 Å². The first-order valence-electron chi connectivity index (χ1n) is 7.95. The van der Waals surface area contributed by atoms with Gasteiger partial charge >= 0.3 is 0 Å². The second-order valence-corrected chi connectivity index (χ2v) is 6.20. The van der Waals surface area contributed by atoms with Crippen molar-refractivity contribution in [2.75, 3.05) is 5.32 Å². The summed E-state index contributed by atoms with van der Waals surface area (Å²) in [6.45, 7) is 4.12. The maximum Gasteiger partial charge on any atom is 0.252 e. The van der Waals surface area contributed by atoms with Crippen molar-refractivity contribution in [2.45, 2.75) is 33.2 Å². The van der Waals surface area contributed by atoms with Crippen LogP contribution in [0, 0.1) is 13.8 Å². The molecule has 0 bridgehead atoms. The van der Waals surface area contributed by atoms with Crippen LogP contribution in [0.5, 0.6) is 0 Å². The van der Waals surface area contributed by atoms with Crippen LogP contribution >= 0.6 is 24.0 Å². The van der Waals surface area contributed by atoms with Crippen molar-refractivity contribution in [1.29, 1.82) is 0 Å². The predicted octanol–water partition coefficient (Wildman–Crippen LogP) is 2.85. The van der Waals surface area contributed by atoms with Gasteiger partial charge in [-0.05, 0) is 44.0 Å². The molecule has 138 valence electrons. The number of fused-ring (bicyclic) bond motifs is 1. The molecular weight excluding hydrogens is 375 g/mol. The van der Waals surface area contributed by atoms with E-state index in [2.05, 4.69) is 20.4 Å². The van der Waals surface area contributed by atoms with Crippen LogP contribution < -0.4 is 11.1 Å². The highest BCUT2D eigenvalue weighted by atomic mass is 35.5. The average Bonchev–Trinajstić information content (AvgIpc) is 2.98. The molecule has 1 amide bonds. The number of aromatic nitrogens is 4. The van der Waals surface area contributed by atoms with Gasteiger partial charge in [0.2, 0.25) is 5.91 Å². The first-order valence-corrected chi connectivity index (χ1v) is 8.33. The quantitative estimate of drug-likeness (QED) is 0.692. The molecule has 2 heterocycles. The van der Waals surface area contributed by atoms with Gasteiger partial charge in [-0.15, -0.1) is 17.5 Å². The highest BCUT2D eigenvalue weighted by Crippen LogP contribution is 2.18. The predicted molar refractivity (Wildman–Crippen MR) is 104 cm³/mol. The zero-order valence-electron chi connectivity index (χ0n) is 14.5. The monoisotopic (exact) mass is 394 g/mol. The van der Waals surface area contributed by atoms with E-state index >= 15 is 0 Å². The second-order valence-electron chi connectivity index (χ2n) is 5.76. The highest BCUT2D eigenvalue weighted by Gasteiger charge is 2.14. The molecule has 9 heteroatoms. The summed E-state index contributed by atoms with van der Waals surface area (Å²) in [5.41, 5.74) is 9.03. The van der Waals surface area contributed by atoms with Crippen LogP contribution in [0.2, 0.25) is 5.02 Å². The fourth-order valence-electron chi connectivity index (χ4n) is 2.73. The summed E-state index contributed by atoms with van der Waals surface area (Å²) in [4.78, 5) is 20.9. The van der Waals surface area contributed by atoms with Gasteiger partial charge in [-0.3, -0.25) is 4.79 Å². The summed E-state index contributed by atoms with van der Waals surface area (Å²) >= 11 is 5.93. The molecule has 0 saturated heterocycles. The summed E-state index contributed by atoms with van der Waals surface area (Å²) in [7, 11) is 0. The zero-order chi connectivity index (χ0) is 18.0. The summed E-state index contributed by atoms with van der Waals surface area (Å²) in [5.74, 6) is 0.996. The molecule has 1 aromatic carbocycles. The maximum atomic E-state index is 12.2. The molecule has 7 nitrogen and oxygen atoms in total. The van der Waals surface area contributed by atoms with Crippen molar-refractivity contribution in [3.05, 3.63) is 52.1 Å². The lowest BCUT2D eigenvalue weighted by Crippen LogP contribution is -2.14. The molecule has 0 aliphatic heterocycles. The van der Waals surface area contributed by atoms with Crippen LogP contribution in [0.25, 0.3) is 5.78 Å². The number of rotatable bonds is 5. The third-order valence-electron chi connectivity index (χ3n) is 3.99. The molecule has 0 saturated carbocycles. The van der Waals surface area contributed by atoms with Crippen molar-refractivity contribution in [1.82, 2.24) is 19.6 Å². The van der Waals surface area contributed by atoms with Gasteiger partial charge in [0.1, 0.15) is 0 Å². The fraction of sp³-hybridized carbons (Fsp3) is 0.294. The number of nitrogens with zero attached hydrogens (tertiary/aromatic N) is 4. The average molecular weight is 395 g/mol. The van der Waals surface area contributed by atoms with E-state index in [1.807, 2.05) is 13.8 Å². The standard InChI is InChI=1S/C17H19ClN6O.ClH/c1-10-14(11(2)24-17(20-10)22-15(9-19)23-24)6-7-16(25)21-13-5-3-4-12(18)8-13;/h3-5,8H,6-7,9,19H2,1-2H3,(H,21,25);1H. The fourth-order valence-corrected chi connectivity index (χ4v) is 2.92. The molecule has 0 fully saturated rings. The Hall–Kier alpha value is -2.22. The van der Waals surface area contributed by atoms with Gasteiger partial charge in [0, 0.05) is 28.5 Å². The number of nitrogens with one attached hydrogen (secondary N) is 1. The van der Waals surface area contributed by atoms with Gasteiger partial charge in [0.15, 0.2) is 5.82 Å². The summed E-state index contributed by atoms with van der Waals surface area (Å²) in [5, 5.41) is 7.77. The lowest BCUT2D eigenvalue weighted by molar-refractivity contribution is -0.116. The van der Waals surface area contributed by atoms with Crippen molar-refractivity contribution >= 4 is 41.4 Å². The Labute approximate surface area is 162 Å². The van der Waals surface area contributed by atoms with E-state index in [-0.39, 0.29) is 24.9 Å². The maximum absolute atomic E-state index is 12.2. The van der Waals surface area contributed by atoms with Gasteiger partial charge in [0.05, 0.1) is 6.54 Å². The van der Waals surface area contributed by atoms with Gasteiger partial charge in [-0.2, -0.15) is 4.98 Å². The first kappa shape index (κ1) is 20.1. The number of aryl methyl sites for hydroxylation is 2. The molecule has 0 aliphatic rings. The zero-order valence-corrected chi connectivity index (χ0v) is 16.1. The molecule has 0 radical (unpaired) electrons. The highest BCUT2D eigenvalue weighted by molar-refractivity contribution is 6.30. The minimum Gasteiger partial charge on any atom is -0.326 e. The van der Waals surface area contributed by atoms with Crippen LogP contribution in [-0.4, -0.2) is 25.5 Å². The third kappa shape index (κ3) is 4.30. The van der Waals surface area contributed by atoms with Crippen LogP contribution in [0.3, 0.4) is 0 Å². The number of carbonyl (C=O) groups is 1. The van der Waals surface area contributed by atoms with E-state index < -0.39 is 0 Å². The van der Waals surface area contributed by atoms with Gasteiger partial charge < -0.3 is 11.1 Å². The van der Waals surface area contributed by atoms with Crippen molar-refractivity contribution in [2.24, 2.45) is 5.73 Å². The normalized spacial score (nSPS) is 10.6. The summed E-state index contributed by atoms with van der Waals surface area (Å²) < 4.78 is 1.68. The topological polar surface area (TPSA) is 98.2 Å². The van der Waals surface area contributed by atoms with E-state index in [4.69, 9.17) is 17.3 Å². The summed E-state index contributed by atoms with van der Waals surface area (Å²) in [6, 6.07) is 7.08. The Kier molecular flexibility index (Phi) is 6.52. The van der Waals surface area contributed by atoms with Crippen molar-refractivity contribution in [3.8, 4) is 0 Å². The Morgan fingerprint density at radius 2 is 2.08 bits per heavy atom. The number of hydrogen-bond acceptors (Lipinski definition) is 5. The lowest BCUT2D eigenvalue weighted by Gasteiger charge is -2.10. The van der Waals surface area contributed by atoms with E-state index in [1.165, 1.54) is 0 Å². The van der Waals surface area contributed by atoms with E-state index in [0.29, 0.717) is 35.2 Å². The lowest BCUT2D eigenvalue weighted by atomic mass is 10.1. The number of anilines is 1. The molecule has 26 heavy (non-hydrogen) atoms. The minimum atomic E-state index is -0.0811. The Morgan fingerprint density at radius 3 is 2.77 bits per heavy atom. The van der Waals surface area contributed by atoms with E-state index in [9.17, 15) is 4.79 Å². The van der Waals surface area contributed by atoms with Gasteiger partial charge in [-0.25, -0.2) is 9.50 Å². The van der Waals surface area contributed by atoms with E-state index in [1.54, 1.807) is 28.8 Å². The molecule has 3 N–H and O–H groups in total.